The molecule has 1 rings (SSSR count). The van der Waals surface area contributed by atoms with Crippen molar-refractivity contribution in [1.29, 1.82) is 0 Å². The molecular formula is C10H17NO2. The summed E-state index contributed by atoms with van der Waals surface area (Å²) in [7, 11) is 0. The molecule has 3 nitrogen and oxygen atoms in total. The van der Waals surface area contributed by atoms with Gasteiger partial charge in [-0.25, -0.2) is 0 Å². The Hall–Kier alpha value is -0.800. The van der Waals surface area contributed by atoms with Crippen LogP contribution in [0.1, 0.15) is 19.1 Å². The molecule has 74 valence electrons. The molecule has 13 heavy (non-hydrogen) atoms. The minimum atomic E-state index is 0.570. The van der Waals surface area contributed by atoms with Crippen molar-refractivity contribution in [3.05, 3.63) is 24.2 Å². The molecule has 0 amide bonds. The first-order valence-corrected chi connectivity index (χ1v) is 4.74. The van der Waals surface area contributed by atoms with Gasteiger partial charge in [0.05, 0.1) is 12.9 Å². The number of nitrogens with one attached hydrogen (secondary N) is 1. The highest BCUT2D eigenvalue weighted by Gasteiger charge is 1.94. The van der Waals surface area contributed by atoms with Crippen molar-refractivity contribution in [1.82, 2.24) is 5.32 Å². The third-order valence-electron chi connectivity index (χ3n) is 1.67. The van der Waals surface area contributed by atoms with Crippen LogP contribution in [0.5, 0.6) is 0 Å². The second kappa shape index (κ2) is 6.69. The van der Waals surface area contributed by atoms with Gasteiger partial charge >= 0.3 is 0 Å². The summed E-state index contributed by atoms with van der Waals surface area (Å²) in [5.74, 6) is 0.885. The second-order valence-corrected chi connectivity index (χ2v) is 2.88. The SMILES string of the molecule is CCCNCCOCc1ccco1. The monoisotopic (exact) mass is 183 g/mol. The van der Waals surface area contributed by atoms with Crippen molar-refractivity contribution in [3.8, 4) is 0 Å². The number of ether oxygens (including phenoxy) is 1. The van der Waals surface area contributed by atoms with Crippen molar-refractivity contribution >= 4 is 0 Å². The van der Waals surface area contributed by atoms with E-state index in [4.69, 9.17) is 9.15 Å². The van der Waals surface area contributed by atoms with Gasteiger partial charge in [0.2, 0.25) is 0 Å². The van der Waals surface area contributed by atoms with E-state index in [-0.39, 0.29) is 0 Å². The zero-order valence-electron chi connectivity index (χ0n) is 8.08. The Morgan fingerprint density at radius 1 is 1.46 bits per heavy atom. The molecular weight excluding hydrogens is 166 g/mol. The Labute approximate surface area is 79.1 Å². The minimum Gasteiger partial charge on any atom is -0.467 e. The molecule has 1 heterocycles. The van der Waals surface area contributed by atoms with E-state index in [2.05, 4.69) is 12.2 Å². The fourth-order valence-electron chi connectivity index (χ4n) is 1.01. The van der Waals surface area contributed by atoms with Crippen LogP contribution < -0.4 is 5.32 Å². The maximum atomic E-state index is 5.37. The molecule has 0 radical (unpaired) electrons. The van der Waals surface area contributed by atoms with Crippen molar-refractivity contribution in [3.63, 3.8) is 0 Å². The largest absolute Gasteiger partial charge is 0.467 e. The smallest absolute Gasteiger partial charge is 0.129 e. The van der Waals surface area contributed by atoms with Gasteiger partial charge in [0, 0.05) is 6.54 Å². The predicted octanol–water partition coefficient (Wildman–Crippen LogP) is 1.80. The summed E-state index contributed by atoms with van der Waals surface area (Å²) in [5, 5.41) is 3.26. The van der Waals surface area contributed by atoms with Gasteiger partial charge in [0.1, 0.15) is 12.4 Å². The Balaban J connectivity index is 1.90. The van der Waals surface area contributed by atoms with Crippen LogP contribution in [-0.2, 0) is 11.3 Å². The lowest BCUT2D eigenvalue weighted by atomic mass is 10.5. The van der Waals surface area contributed by atoms with Crippen LogP contribution in [-0.4, -0.2) is 19.7 Å². The van der Waals surface area contributed by atoms with E-state index in [0.717, 1.165) is 31.9 Å². The topological polar surface area (TPSA) is 34.4 Å². The summed E-state index contributed by atoms with van der Waals surface area (Å²) in [6.07, 6.45) is 2.83. The lowest BCUT2D eigenvalue weighted by Gasteiger charge is -2.03. The lowest BCUT2D eigenvalue weighted by molar-refractivity contribution is 0.108. The summed E-state index contributed by atoms with van der Waals surface area (Å²) in [5.41, 5.74) is 0. The molecule has 0 aliphatic rings. The maximum absolute atomic E-state index is 5.37. The molecule has 3 heteroatoms. The van der Waals surface area contributed by atoms with E-state index in [1.807, 2.05) is 12.1 Å². The number of hydrogen-bond acceptors (Lipinski definition) is 3. The minimum absolute atomic E-state index is 0.570. The van der Waals surface area contributed by atoms with Gasteiger partial charge in [-0.2, -0.15) is 0 Å². The van der Waals surface area contributed by atoms with Crippen LogP contribution in [0.15, 0.2) is 22.8 Å². The summed E-state index contributed by atoms with van der Waals surface area (Å²) >= 11 is 0. The maximum Gasteiger partial charge on any atom is 0.129 e. The van der Waals surface area contributed by atoms with Gasteiger partial charge in [0.15, 0.2) is 0 Å². The van der Waals surface area contributed by atoms with Gasteiger partial charge < -0.3 is 14.5 Å². The zero-order chi connectivity index (χ0) is 9.36. The molecule has 0 fully saturated rings. The van der Waals surface area contributed by atoms with Gasteiger partial charge in [0.25, 0.3) is 0 Å². The molecule has 0 aliphatic heterocycles. The molecule has 0 saturated carbocycles. The molecule has 0 aliphatic carbocycles. The zero-order valence-corrected chi connectivity index (χ0v) is 8.08. The third-order valence-corrected chi connectivity index (χ3v) is 1.67. The average molecular weight is 183 g/mol. The van der Waals surface area contributed by atoms with Gasteiger partial charge in [-0.05, 0) is 25.1 Å². The van der Waals surface area contributed by atoms with E-state index in [0.29, 0.717) is 6.61 Å². The van der Waals surface area contributed by atoms with E-state index in [9.17, 15) is 0 Å². The van der Waals surface area contributed by atoms with E-state index in [1.54, 1.807) is 6.26 Å². The predicted molar refractivity (Wildman–Crippen MR) is 51.5 cm³/mol. The van der Waals surface area contributed by atoms with Gasteiger partial charge in [-0.3, -0.25) is 0 Å². The van der Waals surface area contributed by atoms with Crippen LogP contribution in [0.25, 0.3) is 0 Å². The molecule has 1 aromatic rings. The van der Waals surface area contributed by atoms with Crippen molar-refractivity contribution in [2.75, 3.05) is 19.7 Å². The van der Waals surface area contributed by atoms with E-state index >= 15 is 0 Å². The highest BCUT2D eigenvalue weighted by Crippen LogP contribution is 2.00. The molecule has 0 unspecified atom stereocenters. The number of hydrogen-bond donors (Lipinski definition) is 1. The first kappa shape index (κ1) is 10.3. The molecule has 0 bridgehead atoms. The van der Waals surface area contributed by atoms with Crippen LogP contribution in [0, 0.1) is 0 Å². The normalized spacial score (nSPS) is 10.5. The Morgan fingerprint density at radius 2 is 2.38 bits per heavy atom. The summed E-state index contributed by atoms with van der Waals surface area (Å²) in [6.45, 7) is 5.43. The first-order chi connectivity index (χ1) is 6.43. The van der Waals surface area contributed by atoms with Crippen LogP contribution in [0.3, 0.4) is 0 Å². The molecule has 1 aromatic heterocycles. The fraction of sp³-hybridized carbons (Fsp3) is 0.600. The Morgan fingerprint density at radius 3 is 3.08 bits per heavy atom. The van der Waals surface area contributed by atoms with Crippen LogP contribution in [0.2, 0.25) is 0 Å². The number of rotatable bonds is 7. The standard InChI is InChI=1S/C10H17NO2/c1-2-5-11-6-8-12-9-10-4-3-7-13-10/h3-4,7,11H,2,5-6,8-9H2,1H3. The quantitative estimate of drug-likeness (QED) is 0.654. The molecule has 0 spiro atoms. The summed E-state index contributed by atoms with van der Waals surface area (Å²) in [4.78, 5) is 0. The van der Waals surface area contributed by atoms with E-state index < -0.39 is 0 Å². The fourth-order valence-corrected chi connectivity index (χ4v) is 1.01. The van der Waals surface area contributed by atoms with E-state index in [1.165, 1.54) is 0 Å². The molecule has 1 N–H and O–H groups in total. The Kier molecular flexibility index (Phi) is 5.29. The van der Waals surface area contributed by atoms with Crippen molar-refractivity contribution in [2.24, 2.45) is 0 Å². The van der Waals surface area contributed by atoms with Gasteiger partial charge in [-0.15, -0.1) is 0 Å². The summed E-state index contributed by atoms with van der Waals surface area (Å²) in [6, 6.07) is 3.79. The van der Waals surface area contributed by atoms with Crippen molar-refractivity contribution < 1.29 is 9.15 Å². The molecule has 0 saturated heterocycles. The van der Waals surface area contributed by atoms with Crippen molar-refractivity contribution in [2.45, 2.75) is 20.0 Å². The lowest BCUT2D eigenvalue weighted by Crippen LogP contribution is -2.20. The summed E-state index contributed by atoms with van der Waals surface area (Å²) < 4.78 is 10.5. The van der Waals surface area contributed by atoms with Crippen LogP contribution >= 0.6 is 0 Å². The molecule has 0 atom stereocenters. The number of furan rings is 1. The average Bonchev–Trinajstić information content (AvgIpc) is 2.63. The van der Waals surface area contributed by atoms with Crippen LogP contribution in [0.4, 0.5) is 0 Å². The molecule has 0 aromatic carbocycles. The first-order valence-electron chi connectivity index (χ1n) is 4.74. The highest BCUT2D eigenvalue weighted by molar-refractivity contribution is 4.95. The third kappa shape index (κ3) is 4.70. The second-order valence-electron chi connectivity index (χ2n) is 2.88. The Bertz CT molecular complexity index is 197. The highest BCUT2D eigenvalue weighted by atomic mass is 16.5. The van der Waals surface area contributed by atoms with Gasteiger partial charge in [-0.1, -0.05) is 6.92 Å².